The summed E-state index contributed by atoms with van der Waals surface area (Å²) in [5.74, 6) is 0.410. The maximum Gasteiger partial charge on any atom is 0.273 e. The number of benzene rings is 2. The predicted molar refractivity (Wildman–Crippen MR) is 150 cm³/mol. The van der Waals surface area contributed by atoms with Crippen LogP contribution in [-0.2, 0) is 12.0 Å². The summed E-state index contributed by atoms with van der Waals surface area (Å²) in [6, 6.07) is 17.5. The second-order valence-corrected chi connectivity index (χ2v) is 10.5. The molecule has 0 radical (unpaired) electrons. The highest BCUT2D eigenvalue weighted by atomic mass is 16.3. The number of nitrogens with zero attached hydrogens (tertiary/aromatic N) is 4. The average molecular weight is 510 g/mol. The zero-order chi connectivity index (χ0) is 27.0. The van der Waals surface area contributed by atoms with E-state index in [1.807, 2.05) is 83.1 Å². The topological polar surface area (TPSA) is 124 Å². The first-order valence-corrected chi connectivity index (χ1v) is 12.4. The smallest absolute Gasteiger partial charge is 0.273 e. The zero-order valence-electron chi connectivity index (χ0n) is 22.1. The number of aromatic amines is 2. The largest absolute Gasteiger partial charge is 0.494 e. The summed E-state index contributed by atoms with van der Waals surface area (Å²) in [6.07, 6.45) is 2.27. The molecule has 1 amide bonds. The van der Waals surface area contributed by atoms with E-state index in [9.17, 15) is 9.90 Å². The van der Waals surface area contributed by atoms with Crippen molar-refractivity contribution in [3.63, 3.8) is 0 Å². The summed E-state index contributed by atoms with van der Waals surface area (Å²) in [5, 5.41) is 25.8. The molecule has 0 aliphatic rings. The number of aromatic hydroxyl groups is 1. The molecule has 0 bridgehead atoms. The van der Waals surface area contributed by atoms with Gasteiger partial charge in [-0.3, -0.25) is 14.6 Å². The van der Waals surface area contributed by atoms with E-state index in [0.29, 0.717) is 29.2 Å². The van der Waals surface area contributed by atoms with Crippen LogP contribution in [0.4, 0.5) is 11.5 Å². The minimum absolute atomic E-state index is 0.0580. The van der Waals surface area contributed by atoms with Gasteiger partial charge in [0.15, 0.2) is 11.7 Å². The molecule has 9 heteroatoms. The lowest BCUT2D eigenvalue weighted by molar-refractivity contribution is 0.100. The Labute approximate surface area is 220 Å². The summed E-state index contributed by atoms with van der Waals surface area (Å²) < 4.78 is 1.76. The van der Waals surface area contributed by atoms with Crippen LogP contribution in [0.3, 0.4) is 0 Å². The Morgan fingerprint density at radius 3 is 2.63 bits per heavy atom. The molecule has 2 aromatic carbocycles. The number of hydrogen-bond donors (Lipinski definition) is 4. The molecule has 3 aromatic heterocycles. The van der Waals surface area contributed by atoms with E-state index >= 15 is 0 Å². The first-order chi connectivity index (χ1) is 18.1. The molecule has 0 aliphatic carbocycles. The van der Waals surface area contributed by atoms with Crippen molar-refractivity contribution in [2.24, 2.45) is 4.99 Å². The molecule has 4 N–H and O–H groups in total. The molecule has 5 aromatic rings. The number of aromatic nitrogens is 5. The molecule has 0 fully saturated rings. The molecule has 0 unspecified atom stereocenters. The van der Waals surface area contributed by atoms with Gasteiger partial charge in [0, 0.05) is 34.6 Å². The fourth-order valence-corrected chi connectivity index (χ4v) is 4.45. The van der Waals surface area contributed by atoms with Crippen LogP contribution >= 0.6 is 0 Å². The van der Waals surface area contributed by atoms with Crippen LogP contribution in [-0.4, -0.2) is 42.2 Å². The van der Waals surface area contributed by atoms with Gasteiger partial charge in [0.1, 0.15) is 5.69 Å². The number of fused-ring (bicyclic) bond motifs is 1. The van der Waals surface area contributed by atoms with Crippen molar-refractivity contribution in [1.29, 1.82) is 0 Å². The Morgan fingerprint density at radius 2 is 1.89 bits per heavy atom. The first kappa shape index (κ1) is 25.0. The maximum absolute atomic E-state index is 13.1. The van der Waals surface area contributed by atoms with E-state index in [2.05, 4.69) is 30.6 Å². The standard InChI is InChI=1S/C29H31N7O2/c1-17-12-26(34-33-17)30-16-23-22-15-20(9-10-24(22)32-27(23)37)13-19-7-6-8-21(14-19)31-28(38)25-11-18(2)35-36(25)29(3,4)5/h6-12,14-16,32,37H,13H2,1-5H3,(H,31,38)(H,33,34). The molecule has 0 saturated heterocycles. The number of carbonyl (C=O) groups excluding carboxylic acids is 1. The number of aryl methyl sites for hydroxylation is 2. The number of aliphatic imine (C=N–C) groups is 1. The normalized spacial score (nSPS) is 12.0. The van der Waals surface area contributed by atoms with Crippen molar-refractivity contribution in [3.05, 3.63) is 88.4 Å². The third-order valence-electron chi connectivity index (χ3n) is 6.19. The highest BCUT2D eigenvalue weighted by Crippen LogP contribution is 2.28. The van der Waals surface area contributed by atoms with Crippen molar-refractivity contribution in [3.8, 4) is 5.88 Å². The highest BCUT2D eigenvalue weighted by molar-refractivity contribution is 6.03. The van der Waals surface area contributed by atoms with E-state index in [1.54, 1.807) is 17.0 Å². The van der Waals surface area contributed by atoms with Crippen molar-refractivity contribution in [2.75, 3.05) is 5.32 Å². The Kier molecular flexibility index (Phi) is 6.36. The van der Waals surface area contributed by atoms with Gasteiger partial charge in [-0.1, -0.05) is 18.2 Å². The second-order valence-electron chi connectivity index (χ2n) is 10.5. The zero-order valence-corrected chi connectivity index (χ0v) is 22.1. The fraction of sp³-hybridized carbons (Fsp3) is 0.241. The minimum atomic E-state index is -0.311. The van der Waals surface area contributed by atoms with Crippen LogP contribution in [0.5, 0.6) is 5.88 Å². The van der Waals surface area contributed by atoms with Gasteiger partial charge >= 0.3 is 0 Å². The van der Waals surface area contributed by atoms with Gasteiger partial charge in [-0.15, -0.1) is 0 Å². The van der Waals surface area contributed by atoms with Crippen LogP contribution in [0.25, 0.3) is 10.9 Å². The lowest BCUT2D eigenvalue weighted by atomic mass is 10.0. The van der Waals surface area contributed by atoms with Gasteiger partial charge in [0.05, 0.1) is 16.8 Å². The van der Waals surface area contributed by atoms with Crippen molar-refractivity contribution < 1.29 is 9.90 Å². The van der Waals surface area contributed by atoms with Crippen LogP contribution in [0.2, 0.25) is 0 Å². The monoisotopic (exact) mass is 509 g/mol. The third-order valence-corrected chi connectivity index (χ3v) is 6.19. The van der Waals surface area contributed by atoms with Crippen LogP contribution in [0, 0.1) is 13.8 Å². The van der Waals surface area contributed by atoms with Gasteiger partial charge in [-0.05, 0) is 82.5 Å². The summed E-state index contributed by atoms with van der Waals surface area (Å²) in [4.78, 5) is 20.5. The van der Waals surface area contributed by atoms with Gasteiger partial charge < -0.3 is 15.4 Å². The Balaban J connectivity index is 1.37. The number of carbonyl (C=O) groups is 1. The summed E-state index contributed by atoms with van der Waals surface area (Å²) in [5.41, 5.74) is 6.18. The van der Waals surface area contributed by atoms with E-state index in [-0.39, 0.29) is 17.3 Å². The van der Waals surface area contributed by atoms with Crippen LogP contribution < -0.4 is 5.32 Å². The number of nitrogens with one attached hydrogen (secondary N) is 3. The fourth-order valence-electron chi connectivity index (χ4n) is 4.45. The molecule has 5 rings (SSSR count). The lowest BCUT2D eigenvalue weighted by Crippen LogP contribution is -2.29. The van der Waals surface area contributed by atoms with E-state index in [1.165, 1.54) is 0 Å². The van der Waals surface area contributed by atoms with Gasteiger partial charge in [0.25, 0.3) is 5.91 Å². The molecule has 0 atom stereocenters. The Morgan fingerprint density at radius 1 is 1.11 bits per heavy atom. The van der Waals surface area contributed by atoms with Crippen molar-refractivity contribution in [2.45, 2.75) is 46.6 Å². The third kappa shape index (κ3) is 5.22. The predicted octanol–water partition coefficient (Wildman–Crippen LogP) is 5.76. The second kappa shape index (κ2) is 9.66. The molecule has 3 heterocycles. The highest BCUT2D eigenvalue weighted by Gasteiger charge is 2.23. The van der Waals surface area contributed by atoms with Gasteiger partial charge in [-0.25, -0.2) is 4.99 Å². The summed E-state index contributed by atoms with van der Waals surface area (Å²) >= 11 is 0. The van der Waals surface area contributed by atoms with E-state index in [4.69, 9.17) is 0 Å². The van der Waals surface area contributed by atoms with Gasteiger partial charge in [0.2, 0.25) is 0 Å². The maximum atomic E-state index is 13.1. The van der Waals surface area contributed by atoms with E-state index < -0.39 is 0 Å². The molecule has 194 valence electrons. The van der Waals surface area contributed by atoms with E-state index in [0.717, 1.165) is 33.4 Å². The quantitative estimate of drug-likeness (QED) is 0.217. The number of amides is 1. The Bertz CT molecular complexity index is 1660. The lowest BCUT2D eigenvalue weighted by Gasteiger charge is -2.22. The van der Waals surface area contributed by atoms with Crippen molar-refractivity contribution in [1.82, 2.24) is 25.0 Å². The van der Waals surface area contributed by atoms with Crippen LogP contribution in [0.15, 0.2) is 59.6 Å². The van der Waals surface area contributed by atoms with Crippen molar-refractivity contribution >= 4 is 34.5 Å². The molecule has 0 saturated carbocycles. The number of hydrogen-bond acceptors (Lipinski definition) is 5. The Hall–Kier alpha value is -4.66. The minimum Gasteiger partial charge on any atom is -0.494 e. The van der Waals surface area contributed by atoms with Gasteiger partial charge in [-0.2, -0.15) is 10.2 Å². The summed E-state index contributed by atoms with van der Waals surface area (Å²) in [7, 11) is 0. The molecule has 0 aliphatic heterocycles. The number of H-pyrrole nitrogens is 2. The average Bonchev–Trinajstić information content (AvgIpc) is 3.54. The SMILES string of the molecule is Cc1cc(C(=O)Nc2cccc(Cc3ccc4[nH]c(O)c(C=Nc5cc(C)[nH]n5)c4c3)c2)n(C(C)(C)C)n1. The molecular formula is C29H31N7O2. The summed E-state index contributed by atoms with van der Waals surface area (Å²) in [6.45, 7) is 9.85. The molecule has 38 heavy (non-hydrogen) atoms. The number of anilines is 1. The first-order valence-electron chi connectivity index (χ1n) is 12.4. The number of rotatable bonds is 6. The van der Waals surface area contributed by atoms with Crippen LogP contribution in [0.1, 0.15) is 59.3 Å². The molecule has 9 nitrogen and oxygen atoms in total. The molecule has 0 spiro atoms. The molecular weight excluding hydrogens is 478 g/mol.